The van der Waals surface area contributed by atoms with Crippen LogP contribution in [0.3, 0.4) is 0 Å². The van der Waals surface area contributed by atoms with Crippen molar-refractivity contribution in [2.75, 3.05) is 32.8 Å². The Morgan fingerprint density at radius 2 is 1.76 bits per heavy atom. The molecule has 1 fully saturated rings. The van der Waals surface area contributed by atoms with Gasteiger partial charge in [-0.05, 0) is 30.8 Å². The Morgan fingerprint density at radius 3 is 2.29 bits per heavy atom. The van der Waals surface area contributed by atoms with Crippen LogP contribution in [0.2, 0.25) is 6.04 Å². The maximum Gasteiger partial charge on any atom is 0.500 e. The molecule has 6 nitrogen and oxygen atoms in total. The molecule has 1 atom stereocenters. The molecule has 21 heavy (non-hydrogen) atoms. The predicted molar refractivity (Wildman–Crippen MR) is 82.0 cm³/mol. The number of carbonyl (C=O) groups is 2. The van der Waals surface area contributed by atoms with E-state index >= 15 is 0 Å². The average Bonchev–Trinajstić information content (AvgIpc) is 2.81. The summed E-state index contributed by atoms with van der Waals surface area (Å²) in [5, 5.41) is 0. The smallest absolute Gasteiger partial charge is 0.393 e. The zero-order chi connectivity index (χ0) is 15.7. The van der Waals surface area contributed by atoms with Crippen LogP contribution in [0.1, 0.15) is 25.7 Å². The van der Waals surface area contributed by atoms with E-state index < -0.39 is 14.8 Å². The topological polar surface area (TPSA) is 71.1 Å². The third-order valence-corrected chi connectivity index (χ3v) is 7.49. The molecule has 1 aliphatic rings. The first-order chi connectivity index (χ1) is 10.1. The Hall–Kier alpha value is -0.413. The predicted octanol–water partition coefficient (Wildman–Crippen LogP) is 1.86. The van der Waals surface area contributed by atoms with Crippen LogP contribution in [0.15, 0.2) is 0 Å². The third kappa shape index (κ3) is 6.07. The summed E-state index contributed by atoms with van der Waals surface area (Å²) in [6.07, 6.45) is 2.85. The lowest BCUT2D eigenvalue weighted by atomic mass is 10.0. The van der Waals surface area contributed by atoms with Crippen molar-refractivity contribution in [3.05, 3.63) is 0 Å². The van der Waals surface area contributed by atoms with Crippen LogP contribution in [0.25, 0.3) is 0 Å². The molecule has 1 aliphatic heterocycles. The van der Waals surface area contributed by atoms with Gasteiger partial charge in [0.05, 0.1) is 12.3 Å². The van der Waals surface area contributed by atoms with Crippen LogP contribution in [0.4, 0.5) is 0 Å². The first-order valence-electron chi connectivity index (χ1n) is 7.04. The van der Waals surface area contributed by atoms with Crippen LogP contribution < -0.4 is 0 Å². The van der Waals surface area contributed by atoms with Crippen molar-refractivity contribution in [2.24, 2.45) is 5.92 Å². The fraction of sp³-hybridized carbons (Fsp3) is 0.846. The molecule has 0 amide bonds. The Morgan fingerprint density at radius 1 is 1.14 bits per heavy atom. The van der Waals surface area contributed by atoms with Crippen LogP contribution in [0.5, 0.6) is 0 Å². The quantitative estimate of drug-likeness (QED) is 0.247. The molecule has 8 heteroatoms. The molecule has 0 aliphatic carbocycles. The highest BCUT2D eigenvalue weighted by Crippen LogP contribution is 2.23. The third-order valence-electron chi connectivity index (χ3n) is 3.51. The minimum absolute atomic E-state index is 0.228. The fourth-order valence-electron chi connectivity index (χ4n) is 2.22. The van der Waals surface area contributed by atoms with E-state index in [0.717, 1.165) is 36.8 Å². The number of rotatable bonds is 11. The number of hydrogen-bond donors (Lipinski definition) is 0. The van der Waals surface area contributed by atoms with E-state index in [1.165, 1.54) is 0 Å². The van der Waals surface area contributed by atoms with Crippen molar-refractivity contribution >= 4 is 32.5 Å². The molecule has 0 spiro atoms. The maximum absolute atomic E-state index is 11.3. The molecule has 1 rings (SSSR count). The average molecular weight is 336 g/mol. The van der Waals surface area contributed by atoms with Gasteiger partial charge >= 0.3 is 20.7 Å². The monoisotopic (exact) mass is 336 g/mol. The van der Waals surface area contributed by atoms with Gasteiger partial charge in [-0.25, -0.2) is 0 Å². The molecule has 0 radical (unpaired) electrons. The van der Waals surface area contributed by atoms with E-state index in [0.29, 0.717) is 0 Å². The van der Waals surface area contributed by atoms with Crippen molar-refractivity contribution < 1.29 is 27.6 Å². The maximum atomic E-state index is 11.3. The van der Waals surface area contributed by atoms with Gasteiger partial charge in [0.2, 0.25) is 0 Å². The van der Waals surface area contributed by atoms with Crippen LogP contribution in [-0.4, -0.2) is 53.6 Å². The van der Waals surface area contributed by atoms with Crippen LogP contribution >= 0.6 is 11.8 Å². The molecule has 1 heterocycles. The molecule has 122 valence electrons. The van der Waals surface area contributed by atoms with Crippen LogP contribution in [0, 0.1) is 5.92 Å². The SMILES string of the molecule is CO[Si](CCCSCCCC1CC(=O)OC1=O)(OC)OC. The number of cyclic esters (lactones) is 2. The number of esters is 2. The Labute approximate surface area is 131 Å². The standard InChI is InChI=1S/C13H24O6SSi/c1-16-21(17-2,18-3)9-5-8-20-7-4-6-11-10-12(14)19-13(11)15/h11H,4-10H2,1-3H3. The fourth-order valence-corrected chi connectivity index (χ4v) is 5.12. The Bertz CT molecular complexity index is 339. The van der Waals surface area contributed by atoms with Gasteiger partial charge in [-0.3, -0.25) is 9.59 Å². The lowest BCUT2D eigenvalue weighted by molar-refractivity contribution is -0.153. The van der Waals surface area contributed by atoms with Gasteiger partial charge in [0, 0.05) is 27.4 Å². The molecular weight excluding hydrogens is 312 g/mol. The molecule has 1 unspecified atom stereocenters. The van der Waals surface area contributed by atoms with E-state index in [4.69, 9.17) is 13.3 Å². The minimum Gasteiger partial charge on any atom is -0.393 e. The van der Waals surface area contributed by atoms with Gasteiger partial charge < -0.3 is 18.0 Å². The summed E-state index contributed by atoms with van der Waals surface area (Å²) in [5.74, 6) is 0.991. The second-order valence-corrected chi connectivity index (χ2v) is 9.16. The molecule has 1 saturated heterocycles. The molecule has 0 aromatic rings. The molecule has 0 saturated carbocycles. The largest absolute Gasteiger partial charge is 0.500 e. The van der Waals surface area contributed by atoms with E-state index in [1.807, 2.05) is 11.8 Å². The zero-order valence-corrected chi connectivity index (χ0v) is 14.7. The normalized spacial score (nSPS) is 19.1. The van der Waals surface area contributed by atoms with E-state index in [2.05, 4.69) is 4.74 Å². The summed E-state index contributed by atoms with van der Waals surface area (Å²) in [6.45, 7) is 0. The van der Waals surface area contributed by atoms with E-state index in [-0.39, 0.29) is 18.3 Å². The summed E-state index contributed by atoms with van der Waals surface area (Å²) in [7, 11) is 2.42. The van der Waals surface area contributed by atoms with Gasteiger partial charge in [0.1, 0.15) is 0 Å². The summed E-state index contributed by atoms with van der Waals surface area (Å²) in [6, 6.07) is 0.799. The van der Waals surface area contributed by atoms with E-state index in [9.17, 15) is 9.59 Å². The number of hydrogen-bond acceptors (Lipinski definition) is 7. The Kier molecular flexibility index (Phi) is 8.50. The first kappa shape index (κ1) is 18.6. The lowest BCUT2D eigenvalue weighted by Gasteiger charge is -2.24. The second-order valence-electron chi connectivity index (χ2n) is 4.85. The van der Waals surface area contributed by atoms with Gasteiger partial charge in [0.15, 0.2) is 0 Å². The van der Waals surface area contributed by atoms with Gasteiger partial charge in [-0.15, -0.1) is 0 Å². The van der Waals surface area contributed by atoms with Gasteiger partial charge in [-0.2, -0.15) is 11.8 Å². The van der Waals surface area contributed by atoms with Crippen LogP contribution in [-0.2, 0) is 27.6 Å². The molecular formula is C13H24O6SSi. The van der Waals surface area contributed by atoms with E-state index in [1.54, 1.807) is 21.3 Å². The van der Waals surface area contributed by atoms with Crippen molar-refractivity contribution in [3.8, 4) is 0 Å². The van der Waals surface area contributed by atoms with Crippen molar-refractivity contribution in [3.63, 3.8) is 0 Å². The Balaban J connectivity index is 2.05. The highest BCUT2D eigenvalue weighted by molar-refractivity contribution is 7.99. The first-order valence-corrected chi connectivity index (χ1v) is 10.1. The highest BCUT2D eigenvalue weighted by atomic mass is 32.2. The van der Waals surface area contributed by atoms with Crippen molar-refractivity contribution in [1.29, 1.82) is 0 Å². The minimum atomic E-state index is -2.44. The summed E-state index contributed by atoms with van der Waals surface area (Å²) >= 11 is 1.83. The molecule has 0 aromatic carbocycles. The molecule has 0 aromatic heterocycles. The number of thioether (sulfide) groups is 1. The van der Waals surface area contributed by atoms with Crippen molar-refractivity contribution in [2.45, 2.75) is 31.7 Å². The van der Waals surface area contributed by atoms with Gasteiger partial charge in [-0.1, -0.05) is 0 Å². The van der Waals surface area contributed by atoms with Crippen molar-refractivity contribution in [1.82, 2.24) is 0 Å². The highest BCUT2D eigenvalue weighted by Gasteiger charge is 2.36. The number of carbonyl (C=O) groups excluding carboxylic acids is 2. The molecule has 0 N–H and O–H groups in total. The zero-order valence-electron chi connectivity index (χ0n) is 12.9. The second kappa shape index (κ2) is 9.57. The van der Waals surface area contributed by atoms with Gasteiger partial charge in [0.25, 0.3) is 0 Å². The lowest BCUT2D eigenvalue weighted by Crippen LogP contribution is -2.42. The summed E-state index contributed by atoms with van der Waals surface area (Å²) in [4.78, 5) is 22.2. The summed E-state index contributed by atoms with van der Waals surface area (Å²) < 4.78 is 20.6. The summed E-state index contributed by atoms with van der Waals surface area (Å²) in [5.41, 5.74) is 0. The number of ether oxygens (including phenoxy) is 1. The molecule has 0 bridgehead atoms.